The highest BCUT2D eigenvalue weighted by atomic mass is 32.1. The van der Waals surface area contributed by atoms with Gasteiger partial charge in [-0.15, -0.1) is 0 Å². The first kappa shape index (κ1) is 33.3. The monoisotopic (exact) mass is 483 g/mol. The van der Waals surface area contributed by atoms with Crippen LogP contribution in [0.15, 0.2) is 0 Å². The molecule has 0 spiro atoms. The second-order valence-electron chi connectivity index (χ2n) is 10.8. The second-order valence-corrected chi connectivity index (χ2v) is 11.2. The quantitative estimate of drug-likeness (QED) is 0.0770. The molecule has 0 bridgehead atoms. The molecule has 2 N–H and O–H groups in total. The molecule has 33 heavy (non-hydrogen) atoms. The van der Waals surface area contributed by atoms with Crippen LogP contribution in [0.2, 0.25) is 0 Å². The zero-order valence-electron chi connectivity index (χ0n) is 22.9. The van der Waals surface area contributed by atoms with Gasteiger partial charge in [-0.1, -0.05) is 173 Å². The number of thiol groups is 1. The van der Waals surface area contributed by atoms with Crippen molar-refractivity contribution in [2.24, 2.45) is 5.73 Å². The molecular weight excluding hydrogens is 418 g/mol. The maximum atomic E-state index is 5.54. The first-order valence-electron chi connectivity index (χ1n) is 15.7. The topological polar surface area (TPSA) is 26.0 Å². The Morgan fingerprint density at radius 2 is 0.394 bits per heavy atom. The van der Waals surface area contributed by atoms with Gasteiger partial charge >= 0.3 is 0 Å². The molecule has 200 valence electrons. The van der Waals surface area contributed by atoms with Crippen molar-refractivity contribution < 1.29 is 0 Å². The molecule has 0 amide bonds. The normalized spacial score (nSPS) is 11.5. The zero-order valence-corrected chi connectivity index (χ0v) is 23.8. The Bertz CT molecular complexity index is 290. The Balaban J connectivity index is 2.99. The summed E-state index contributed by atoms with van der Waals surface area (Å²) in [5.74, 6) is 1.07. The Kier molecular flexibility index (Phi) is 32.6. The molecule has 0 aromatic rings. The van der Waals surface area contributed by atoms with E-state index in [1.165, 1.54) is 186 Å². The summed E-state index contributed by atoms with van der Waals surface area (Å²) in [5.41, 5.74) is 5.54. The molecule has 0 fully saturated rings. The lowest BCUT2D eigenvalue weighted by Gasteiger charge is -2.04. The van der Waals surface area contributed by atoms with Crippen LogP contribution in [0.25, 0.3) is 0 Å². The summed E-state index contributed by atoms with van der Waals surface area (Å²) in [5, 5.41) is 0. The number of rotatable bonds is 30. The van der Waals surface area contributed by atoms with E-state index in [9.17, 15) is 0 Å². The molecule has 0 rings (SSSR count). The van der Waals surface area contributed by atoms with Crippen molar-refractivity contribution in [3.8, 4) is 0 Å². The van der Waals surface area contributed by atoms with E-state index < -0.39 is 0 Å². The third kappa shape index (κ3) is 32.3. The first-order valence-corrected chi connectivity index (χ1v) is 16.4. The molecule has 0 saturated heterocycles. The van der Waals surface area contributed by atoms with Crippen molar-refractivity contribution in [3.05, 3.63) is 0 Å². The molecule has 2 heteroatoms. The van der Waals surface area contributed by atoms with Crippen molar-refractivity contribution in [2.45, 2.75) is 186 Å². The summed E-state index contributed by atoms with van der Waals surface area (Å²) in [4.78, 5) is 0. The summed E-state index contributed by atoms with van der Waals surface area (Å²) < 4.78 is 0. The standard InChI is InChI=1S/C31H65NS/c32-30-28-26-24-22-20-18-16-14-12-10-8-6-4-2-1-3-5-7-9-11-13-15-17-19-21-23-25-27-29-31-33/h33H,1-32H2. The summed E-state index contributed by atoms with van der Waals surface area (Å²) in [7, 11) is 0. The largest absolute Gasteiger partial charge is 0.330 e. The molecule has 0 aliphatic heterocycles. The van der Waals surface area contributed by atoms with Gasteiger partial charge < -0.3 is 5.73 Å². The van der Waals surface area contributed by atoms with E-state index in [0.29, 0.717) is 0 Å². The molecule has 0 radical (unpaired) electrons. The number of hydrogen-bond acceptors (Lipinski definition) is 2. The molecule has 0 aliphatic carbocycles. The van der Waals surface area contributed by atoms with Gasteiger partial charge in [0.15, 0.2) is 0 Å². The van der Waals surface area contributed by atoms with E-state index in [1.54, 1.807) is 0 Å². The van der Waals surface area contributed by atoms with Gasteiger partial charge in [0, 0.05) is 0 Å². The average molecular weight is 484 g/mol. The fraction of sp³-hybridized carbons (Fsp3) is 1.00. The smallest absolute Gasteiger partial charge is 0.00773 e. The lowest BCUT2D eigenvalue weighted by atomic mass is 10.0. The Labute approximate surface area is 216 Å². The van der Waals surface area contributed by atoms with Crippen LogP contribution in [0.4, 0.5) is 0 Å². The molecule has 0 aliphatic rings. The van der Waals surface area contributed by atoms with Crippen LogP contribution in [-0.2, 0) is 0 Å². The van der Waals surface area contributed by atoms with Gasteiger partial charge in [-0.25, -0.2) is 0 Å². The summed E-state index contributed by atoms with van der Waals surface area (Å²) >= 11 is 4.28. The number of nitrogens with two attached hydrogens (primary N) is 1. The SMILES string of the molecule is NCCCCCCCCCCCCCCCCCCCCCCCCCCCCCCCS. The highest BCUT2D eigenvalue weighted by Gasteiger charge is 1.96. The van der Waals surface area contributed by atoms with Crippen molar-refractivity contribution in [3.63, 3.8) is 0 Å². The Morgan fingerprint density at radius 1 is 0.242 bits per heavy atom. The van der Waals surface area contributed by atoms with Gasteiger partial charge in [0.05, 0.1) is 0 Å². The maximum Gasteiger partial charge on any atom is -0.00773 e. The fourth-order valence-corrected chi connectivity index (χ4v) is 5.25. The van der Waals surface area contributed by atoms with Gasteiger partial charge in [0.25, 0.3) is 0 Å². The number of unbranched alkanes of at least 4 members (excludes halogenated alkanes) is 28. The van der Waals surface area contributed by atoms with Gasteiger partial charge in [-0.2, -0.15) is 12.6 Å². The molecule has 0 heterocycles. The van der Waals surface area contributed by atoms with E-state index in [4.69, 9.17) is 5.73 Å². The van der Waals surface area contributed by atoms with Crippen molar-refractivity contribution in [1.29, 1.82) is 0 Å². The molecule has 0 aromatic carbocycles. The van der Waals surface area contributed by atoms with Crippen LogP contribution in [-0.4, -0.2) is 12.3 Å². The van der Waals surface area contributed by atoms with E-state index in [0.717, 1.165) is 12.3 Å². The third-order valence-electron chi connectivity index (χ3n) is 7.36. The molecule has 0 atom stereocenters. The zero-order chi connectivity index (χ0) is 23.9. The lowest BCUT2D eigenvalue weighted by Crippen LogP contribution is -1.97. The van der Waals surface area contributed by atoms with E-state index in [2.05, 4.69) is 12.6 Å². The third-order valence-corrected chi connectivity index (χ3v) is 7.68. The summed E-state index contributed by atoms with van der Waals surface area (Å²) in [6.45, 7) is 0.873. The van der Waals surface area contributed by atoms with Crippen molar-refractivity contribution in [2.75, 3.05) is 12.3 Å². The van der Waals surface area contributed by atoms with Crippen LogP contribution in [0.5, 0.6) is 0 Å². The average Bonchev–Trinajstić information content (AvgIpc) is 2.83. The highest BCUT2D eigenvalue weighted by Crippen LogP contribution is 2.16. The lowest BCUT2D eigenvalue weighted by molar-refractivity contribution is 0.513. The van der Waals surface area contributed by atoms with E-state index in [1.807, 2.05) is 0 Å². The predicted octanol–water partition coefficient (Wildman–Crippen LogP) is 11.2. The minimum absolute atomic E-state index is 0.873. The Morgan fingerprint density at radius 3 is 0.545 bits per heavy atom. The minimum Gasteiger partial charge on any atom is -0.330 e. The van der Waals surface area contributed by atoms with Crippen LogP contribution in [0.1, 0.15) is 186 Å². The Hall–Kier alpha value is 0.310. The summed E-state index contributed by atoms with van der Waals surface area (Å²) in [6, 6.07) is 0. The van der Waals surface area contributed by atoms with Crippen LogP contribution < -0.4 is 5.73 Å². The number of hydrogen-bond donors (Lipinski definition) is 2. The first-order chi connectivity index (χ1) is 16.4. The van der Waals surface area contributed by atoms with Crippen LogP contribution in [0.3, 0.4) is 0 Å². The van der Waals surface area contributed by atoms with Crippen LogP contribution in [0, 0.1) is 0 Å². The van der Waals surface area contributed by atoms with E-state index >= 15 is 0 Å². The minimum atomic E-state index is 0.873. The summed E-state index contributed by atoms with van der Waals surface area (Å²) in [6.07, 6.45) is 42.0. The molecule has 0 saturated carbocycles. The molecular formula is C31H65NS. The predicted molar refractivity (Wildman–Crippen MR) is 157 cm³/mol. The molecule has 0 aromatic heterocycles. The molecule has 0 unspecified atom stereocenters. The fourth-order valence-electron chi connectivity index (χ4n) is 5.03. The van der Waals surface area contributed by atoms with Crippen LogP contribution >= 0.6 is 12.6 Å². The highest BCUT2D eigenvalue weighted by molar-refractivity contribution is 7.80. The van der Waals surface area contributed by atoms with Gasteiger partial charge in [0.2, 0.25) is 0 Å². The van der Waals surface area contributed by atoms with Gasteiger partial charge in [-0.3, -0.25) is 0 Å². The second kappa shape index (κ2) is 32.3. The van der Waals surface area contributed by atoms with Gasteiger partial charge in [0.1, 0.15) is 0 Å². The van der Waals surface area contributed by atoms with Gasteiger partial charge in [-0.05, 0) is 25.1 Å². The van der Waals surface area contributed by atoms with E-state index in [-0.39, 0.29) is 0 Å². The maximum absolute atomic E-state index is 5.54. The van der Waals surface area contributed by atoms with Crippen molar-refractivity contribution >= 4 is 12.6 Å². The molecule has 1 nitrogen and oxygen atoms in total. The van der Waals surface area contributed by atoms with Crippen molar-refractivity contribution in [1.82, 2.24) is 0 Å².